The normalized spacial score (nSPS) is 15.6. The van der Waals surface area contributed by atoms with Crippen molar-refractivity contribution in [2.45, 2.75) is 12.2 Å². The molecule has 66 valence electrons. The molecule has 0 radical (unpaired) electrons. The molecule has 0 aliphatic carbocycles. The number of benzene rings is 1. The van der Waals surface area contributed by atoms with Gasteiger partial charge in [0.15, 0.2) is 0 Å². The fraction of sp³-hybridized carbons (Fsp3) is 0.333. The molecule has 0 aromatic heterocycles. The van der Waals surface area contributed by atoms with E-state index in [9.17, 15) is 4.39 Å². The maximum Gasteiger partial charge on any atom is 0.141 e. The second kappa shape index (κ2) is 4.18. The molecule has 0 saturated heterocycles. The average molecular weight is 168 g/mol. The zero-order chi connectivity index (χ0) is 8.97. The molecule has 1 aromatic carbocycles. The first kappa shape index (κ1) is 9.16. The Morgan fingerprint density at radius 2 is 1.83 bits per heavy atom. The minimum Gasteiger partial charge on any atom is -0.329 e. The van der Waals surface area contributed by atoms with Crippen molar-refractivity contribution in [1.29, 1.82) is 0 Å². The van der Waals surface area contributed by atoms with Crippen LogP contribution in [0.5, 0.6) is 0 Å². The SMILES string of the molecule is NCC(N)C(F)c1ccccc1. The monoisotopic (exact) mass is 168 g/mol. The van der Waals surface area contributed by atoms with Gasteiger partial charge in [0.05, 0.1) is 6.04 Å². The smallest absolute Gasteiger partial charge is 0.141 e. The topological polar surface area (TPSA) is 52.0 Å². The Morgan fingerprint density at radius 3 is 2.33 bits per heavy atom. The quantitative estimate of drug-likeness (QED) is 0.707. The number of hydrogen-bond donors (Lipinski definition) is 2. The Bertz CT molecular complexity index is 225. The van der Waals surface area contributed by atoms with Gasteiger partial charge in [-0.2, -0.15) is 0 Å². The summed E-state index contributed by atoms with van der Waals surface area (Å²) >= 11 is 0. The predicted octanol–water partition coefficient (Wildman–Crippen LogP) is 0.983. The van der Waals surface area contributed by atoms with Crippen molar-refractivity contribution in [3.63, 3.8) is 0 Å². The van der Waals surface area contributed by atoms with E-state index in [1.54, 1.807) is 24.3 Å². The summed E-state index contributed by atoms with van der Waals surface area (Å²) in [5.74, 6) is 0. The summed E-state index contributed by atoms with van der Waals surface area (Å²) in [5.41, 5.74) is 11.3. The maximum atomic E-state index is 13.3. The van der Waals surface area contributed by atoms with Crippen LogP contribution in [0, 0.1) is 0 Å². The van der Waals surface area contributed by atoms with Crippen LogP contribution >= 0.6 is 0 Å². The van der Waals surface area contributed by atoms with E-state index < -0.39 is 12.2 Å². The molecule has 1 aromatic rings. The van der Waals surface area contributed by atoms with E-state index in [2.05, 4.69) is 0 Å². The van der Waals surface area contributed by atoms with E-state index in [1.165, 1.54) is 0 Å². The molecular formula is C9H13FN2. The van der Waals surface area contributed by atoms with Gasteiger partial charge in [0.2, 0.25) is 0 Å². The van der Waals surface area contributed by atoms with Gasteiger partial charge in [0, 0.05) is 6.54 Å². The molecule has 4 N–H and O–H groups in total. The Balaban J connectivity index is 2.71. The number of nitrogens with two attached hydrogens (primary N) is 2. The summed E-state index contributed by atoms with van der Waals surface area (Å²) in [6.07, 6.45) is -1.16. The zero-order valence-corrected chi connectivity index (χ0v) is 6.78. The lowest BCUT2D eigenvalue weighted by atomic mass is 10.0. The molecular weight excluding hydrogens is 155 g/mol. The van der Waals surface area contributed by atoms with Crippen molar-refractivity contribution in [2.24, 2.45) is 11.5 Å². The third kappa shape index (κ3) is 2.03. The van der Waals surface area contributed by atoms with Crippen molar-refractivity contribution in [1.82, 2.24) is 0 Å². The molecule has 2 nitrogen and oxygen atoms in total. The average Bonchev–Trinajstić information content (AvgIpc) is 2.17. The van der Waals surface area contributed by atoms with Crippen LogP contribution in [0.2, 0.25) is 0 Å². The van der Waals surface area contributed by atoms with Crippen LogP contribution in [0.1, 0.15) is 11.7 Å². The number of alkyl halides is 1. The number of rotatable bonds is 3. The molecule has 0 bridgehead atoms. The first-order chi connectivity index (χ1) is 5.75. The molecule has 2 unspecified atom stereocenters. The van der Waals surface area contributed by atoms with E-state index in [0.717, 1.165) is 0 Å². The molecule has 0 saturated carbocycles. The van der Waals surface area contributed by atoms with Gasteiger partial charge < -0.3 is 11.5 Å². The third-order valence-electron chi connectivity index (χ3n) is 1.77. The Labute approximate surface area is 71.4 Å². The summed E-state index contributed by atoms with van der Waals surface area (Å²) < 4.78 is 13.3. The van der Waals surface area contributed by atoms with Crippen LogP contribution in [-0.2, 0) is 0 Å². The van der Waals surface area contributed by atoms with Gasteiger partial charge in [0.1, 0.15) is 6.17 Å². The van der Waals surface area contributed by atoms with E-state index >= 15 is 0 Å². The van der Waals surface area contributed by atoms with Crippen molar-refractivity contribution in [3.8, 4) is 0 Å². The standard InChI is InChI=1S/C9H13FN2/c10-9(8(12)6-11)7-4-2-1-3-5-7/h1-5,8-9H,6,11-12H2. The molecule has 0 amide bonds. The number of halogens is 1. The lowest BCUT2D eigenvalue weighted by Gasteiger charge is -2.14. The van der Waals surface area contributed by atoms with Crippen LogP contribution in [0.25, 0.3) is 0 Å². The van der Waals surface area contributed by atoms with Crippen LogP contribution in [0.3, 0.4) is 0 Å². The third-order valence-corrected chi connectivity index (χ3v) is 1.77. The summed E-state index contributed by atoms with van der Waals surface area (Å²) in [6.45, 7) is 0.163. The fourth-order valence-electron chi connectivity index (χ4n) is 1.00. The second-order valence-electron chi connectivity index (χ2n) is 2.71. The van der Waals surface area contributed by atoms with Crippen LogP contribution in [0.15, 0.2) is 30.3 Å². The highest BCUT2D eigenvalue weighted by atomic mass is 19.1. The molecule has 0 heterocycles. The molecule has 0 spiro atoms. The van der Waals surface area contributed by atoms with Gasteiger partial charge >= 0.3 is 0 Å². The minimum absolute atomic E-state index is 0.163. The first-order valence-electron chi connectivity index (χ1n) is 3.90. The Kier molecular flexibility index (Phi) is 3.19. The fourth-order valence-corrected chi connectivity index (χ4v) is 1.00. The van der Waals surface area contributed by atoms with Crippen molar-refractivity contribution >= 4 is 0 Å². The van der Waals surface area contributed by atoms with Gasteiger partial charge in [-0.05, 0) is 5.56 Å². The summed E-state index contributed by atoms with van der Waals surface area (Å²) in [4.78, 5) is 0. The van der Waals surface area contributed by atoms with E-state index in [4.69, 9.17) is 11.5 Å². The van der Waals surface area contributed by atoms with Crippen molar-refractivity contribution in [2.75, 3.05) is 6.54 Å². The molecule has 1 rings (SSSR count). The van der Waals surface area contributed by atoms with Gasteiger partial charge in [-0.25, -0.2) is 4.39 Å². The summed E-state index contributed by atoms with van der Waals surface area (Å²) in [6, 6.07) is 8.22. The van der Waals surface area contributed by atoms with Crippen molar-refractivity contribution < 1.29 is 4.39 Å². The molecule has 2 atom stereocenters. The zero-order valence-electron chi connectivity index (χ0n) is 6.78. The first-order valence-corrected chi connectivity index (χ1v) is 3.90. The Hall–Kier alpha value is -0.930. The second-order valence-corrected chi connectivity index (χ2v) is 2.71. The van der Waals surface area contributed by atoms with Gasteiger partial charge in [-0.1, -0.05) is 30.3 Å². The molecule has 0 aliphatic heterocycles. The molecule has 12 heavy (non-hydrogen) atoms. The Morgan fingerprint density at radius 1 is 1.25 bits per heavy atom. The van der Waals surface area contributed by atoms with Gasteiger partial charge in [-0.15, -0.1) is 0 Å². The molecule has 0 fully saturated rings. The highest BCUT2D eigenvalue weighted by Crippen LogP contribution is 2.18. The van der Waals surface area contributed by atoms with Gasteiger partial charge in [0.25, 0.3) is 0 Å². The largest absolute Gasteiger partial charge is 0.329 e. The van der Waals surface area contributed by atoms with Crippen LogP contribution in [0.4, 0.5) is 4.39 Å². The van der Waals surface area contributed by atoms with E-state index in [-0.39, 0.29) is 6.54 Å². The highest BCUT2D eigenvalue weighted by molar-refractivity contribution is 5.18. The summed E-state index contributed by atoms with van der Waals surface area (Å²) in [7, 11) is 0. The molecule has 0 aliphatic rings. The lowest BCUT2D eigenvalue weighted by Crippen LogP contribution is -2.34. The summed E-state index contributed by atoms with van der Waals surface area (Å²) in [5, 5.41) is 0. The van der Waals surface area contributed by atoms with Crippen molar-refractivity contribution in [3.05, 3.63) is 35.9 Å². The van der Waals surface area contributed by atoms with E-state index in [0.29, 0.717) is 5.56 Å². The predicted molar refractivity (Wildman–Crippen MR) is 47.3 cm³/mol. The maximum absolute atomic E-state index is 13.3. The van der Waals surface area contributed by atoms with Crippen LogP contribution < -0.4 is 11.5 Å². The lowest BCUT2D eigenvalue weighted by molar-refractivity contribution is 0.291. The van der Waals surface area contributed by atoms with E-state index in [1.807, 2.05) is 6.07 Å². The number of hydrogen-bond acceptors (Lipinski definition) is 2. The molecule has 3 heteroatoms. The van der Waals surface area contributed by atoms with Crippen LogP contribution in [-0.4, -0.2) is 12.6 Å². The highest BCUT2D eigenvalue weighted by Gasteiger charge is 2.16. The minimum atomic E-state index is -1.16. The van der Waals surface area contributed by atoms with Gasteiger partial charge in [-0.3, -0.25) is 0 Å².